The summed E-state index contributed by atoms with van der Waals surface area (Å²) in [5, 5.41) is 5.15. The number of nitrogens with zero attached hydrogens (tertiary/aromatic N) is 1. The molecule has 1 fully saturated rings. The molecule has 0 radical (unpaired) electrons. The Balaban J connectivity index is 1.52. The zero-order valence-electron chi connectivity index (χ0n) is 18.8. The number of hydrogen-bond acceptors (Lipinski definition) is 5. The maximum atomic E-state index is 13.5. The highest BCUT2D eigenvalue weighted by Gasteiger charge is 2.39. The number of rotatable bonds is 4. The molecule has 180 valence electrons. The maximum Gasteiger partial charge on any atom is 0.257 e. The van der Waals surface area contributed by atoms with E-state index < -0.39 is 23.6 Å². The van der Waals surface area contributed by atoms with Crippen LogP contribution in [0.25, 0.3) is 0 Å². The standard InChI is InChI=1S/C24H25F2N3O5/c1-27-22(30)11-17-4-5-19-21(34-17)12-33-20-6-3-16(10-18(20)24(32)29(19)2)28-23(31)13-7-14(25)9-15(26)8-13/h3,6-10,17,19,21H,4-5,11-12H2,1-2H3,(H,27,30)(H,28,31)/t17-,19+,21-/m0/s1. The van der Waals surface area contributed by atoms with Crippen molar-refractivity contribution in [2.24, 2.45) is 0 Å². The highest BCUT2D eigenvalue weighted by Crippen LogP contribution is 2.32. The Morgan fingerprint density at radius 3 is 2.56 bits per heavy atom. The van der Waals surface area contributed by atoms with Crippen molar-refractivity contribution in [3.8, 4) is 5.75 Å². The largest absolute Gasteiger partial charge is 0.490 e. The summed E-state index contributed by atoms with van der Waals surface area (Å²) in [6.45, 7) is 0.188. The summed E-state index contributed by atoms with van der Waals surface area (Å²) in [5.74, 6) is -2.55. The van der Waals surface area contributed by atoms with Crippen LogP contribution in [0.3, 0.4) is 0 Å². The first kappa shape index (κ1) is 23.6. The molecule has 3 amide bonds. The van der Waals surface area contributed by atoms with Crippen molar-refractivity contribution in [3.05, 3.63) is 59.2 Å². The third-order valence-corrected chi connectivity index (χ3v) is 6.09. The number of hydrogen-bond donors (Lipinski definition) is 2. The fourth-order valence-corrected chi connectivity index (χ4v) is 4.30. The molecule has 2 aliphatic rings. The second kappa shape index (κ2) is 9.76. The average molecular weight is 473 g/mol. The predicted molar refractivity (Wildman–Crippen MR) is 119 cm³/mol. The Bertz CT molecular complexity index is 1110. The van der Waals surface area contributed by atoms with Gasteiger partial charge in [-0.2, -0.15) is 0 Å². The van der Waals surface area contributed by atoms with Crippen LogP contribution >= 0.6 is 0 Å². The van der Waals surface area contributed by atoms with Gasteiger partial charge in [-0.05, 0) is 43.2 Å². The molecule has 8 nitrogen and oxygen atoms in total. The highest BCUT2D eigenvalue weighted by molar-refractivity contribution is 6.05. The summed E-state index contributed by atoms with van der Waals surface area (Å²) in [4.78, 5) is 39.0. The van der Waals surface area contributed by atoms with E-state index in [-0.39, 0.29) is 53.8 Å². The Hall–Kier alpha value is -3.53. The van der Waals surface area contributed by atoms with Crippen LogP contribution in [-0.4, -0.2) is 61.6 Å². The van der Waals surface area contributed by atoms with Crippen LogP contribution in [-0.2, 0) is 9.53 Å². The Kier molecular flexibility index (Phi) is 6.78. The lowest BCUT2D eigenvalue weighted by atomic mass is 9.94. The number of halogens is 2. The molecule has 0 unspecified atom stereocenters. The van der Waals surface area contributed by atoms with E-state index in [4.69, 9.17) is 9.47 Å². The van der Waals surface area contributed by atoms with E-state index in [1.807, 2.05) is 0 Å². The molecule has 2 aromatic rings. The zero-order valence-corrected chi connectivity index (χ0v) is 18.8. The Labute approximate surface area is 195 Å². The van der Waals surface area contributed by atoms with Crippen LogP contribution in [0, 0.1) is 11.6 Å². The molecular formula is C24H25F2N3O5. The van der Waals surface area contributed by atoms with Crippen LogP contribution < -0.4 is 15.4 Å². The summed E-state index contributed by atoms with van der Waals surface area (Å²) in [7, 11) is 3.25. The number of benzene rings is 2. The number of likely N-dealkylation sites (N-methyl/N-ethyl adjacent to an activating group) is 1. The molecule has 0 aliphatic carbocycles. The minimum Gasteiger partial charge on any atom is -0.490 e. The van der Waals surface area contributed by atoms with Crippen molar-refractivity contribution >= 4 is 23.4 Å². The van der Waals surface area contributed by atoms with Crippen molar-refractivity contribution in [2.45, 2.75) is 37.5 Å². The number of nitrogens with one attached hydrogen (secondary N) is 2. The third kappa shape index (κ3) is 5.01. The van der Waals surface area contributed by atoms with Gasteiger partial charge in [-0.3, -0.25) is 14.4 Å². The number of anilines is 1. The quantitative estimate of drug-likeness (QED) is 0.712. The predicted octanol–water partition coefficient (Wildman–Crippen LogP) is 2.73. The molecule has 10 heteroatoms. The van der Waals surface area contributed by atoms with Gasteiger partial charge < -0.3 is 25.0 Å². The molecule has 0 saturated carbocycles. The van der Waals surface area contributed by atoms with E-state index in [1.54, 1.807) is 25.1 Å². The van der Waals surface area contributed by atoms with Gasteiger partial charge in [-0.15, -0.1) is 0 Å². The zero-order chi connectivity index (χ0) is 24.4. The normalized spacial score (nSPS) is 21.9. The number of ether oxygens (including phenoxy) is 2. The molecule has 2 aromatic carbocycles. The lowest BCUT2D eigenvalue weighted by Gasteiger charge is -2.42. The molecule has 2 aliphatic heterocycles. The fourth-order valence-electron chi connectivity index (χ4n) is 4.30. The van der Waals surface area contributed by atoms with E-state index >= 15 is 0 Å². The minimum absolute atomic E-state index is 0.111. The van der Waals surface area contributed by atoms with Crippen LogP contribution in [0.5, 0.6) is 5.75 Å². The topological polar surface area (TPSA) is 97.0 Å². The summed E-state index contributed by atoms with van der Waals surface area (Å²) < 4.78 is 38.9. The smallest absolute Gasteiger partial charge is 0.257 e. The lowest BCUT2D eigenvalue weighted by Crippen LogP contribution is -2.53. The summed E-state index contributed by atoms with van der Waals surface area (Å²) >= 11 is 0. The third-order valence-electron chi connectivity index (χ3n) is 6.09. The summed E-state index contributed by atoms with van der Waals surface area (Å²) in [6.07, 6.45) is 0.866. The van der Waals surface area contributed by atoms with Gasteiger partial charge in [-0.25, -0.2) is 8.78 Å². The second-order valence-corrected chi connectivity index (χ2v) is 8.37. The van der Waals surface area contributed by atoms with Crippen molar-refractivity contribution in [2.75, 3.05) is 26.0 Å². The van der Waals surface area contributed by atoms with Gasteiger partial charge in [0.15, 0.2) is 0 Å². The monoisotopic (exact) mass is 473 g/mol. The number of amides is 3. The van der Waals surface area contributed by atoms with Gasteiger partial charge in [-0.1, -0.05) is 0 Å². The van der Waals surface area contributed by atoms with E-state index in [9.17, 15) is 23.2 Å². The van der Waals surface area contributed by atoms with Crippen LogP contribution in [0.4, 0.5) is 14.5 Å². The molecular weight excluding hydrogens is 448 g/mol. The van der Waals surface area contributed by atoms with Crippen LogP contribution in [0.15, 0.2) is 36.4 Å². The van der Waals surface area contributed by atoms with Crippen molar-refractivity contribution in [3.63, 3.8) is 0 Å². The van der Waals surface area contributed by atoms with Crippen molar-refractivity contribution in [1.29, 1.82) is 0 Å². The SMILES string of the molecule is CNC(=O)C[C@@H]1CC[C@@H]2[C@H](COc3ccc(NC(=O)c4cc(F)cc(F)c4)cc3C(=O)N2C)O1. The van der Waals surface area contributed by atoms with Crippen molar-refractivity contribution < 1.29 is 32.6 Å². The van der Waals surface area contributed by atoms with E-state index in [2.05, 4.69) is 10.6 Å². The van der Waals surface area contributed by atoms with E-state index in [0.717, 1.165) is 12.1 Å². The molecule has 34 heavy (non-hydrogen) atoms. The van der Waals surface area contributed by atoms with E-state index in [0.29, 0.717) is 24.7 Å². The molecule has 2 N–H and O–H groups in total. The van der Waals surface area contributed by atoms with Gasteiger partial charge in [0.1, 0.15) is 30.1 Å². The maximum absolute atomic E-state index is 13.5. The van der Waals surface area contributed by atoms with Gasteiger partial charge in [0, 0.05) is 31.4 Å². The van der Waals surface area contributed by atoms with E-state index in [1.165, 1.54) is 12.1 Å². The minimum atomic E-state index is -0.865. The van der Waals surface area contributed by atoms with Crippen LogP contribution in [0.1, 0.15) is 40.0 Å². The van der Waals surface area contributed by atoms with Crippen LogP contribution in [0.2, 0.25) is 0 Å². The molecule has 0 bridgehead atoms. The first-order valence-corrected chi connectivity index (χ1v) is 10.9. The van der Waals surface area contributed by atoms with Gasteiger partial charge >= 0.3 is 0 Å². The molecule has 4 rings (SSSR count). The lowest BCUT2D eigenvalue weighted by molar-refractivity contribution is -0.133. The molecule has 1 saturated heterocycles. The highest BCUT2D eigenvalue weighted by atomic mass is 19.1. The number of fused-ring (bicyclic) bond motifs is 2. The van der Waals surface area contributed by atoms with Gasteiger partial charge in [0.05, 0.1) is 24.1 Å². The molecule has 0 aromatic heterocycles. The Morgan fingerprint density at radius 1 is 1.12 bits per heavy atom. The number of carbonyl (C=O) groups is 3. The Morgan fingerprint density at radius 2 is 1.85 bits per heavy atom. The van der Waals surface area contributed by atoms with Gasteiger partial charge in [0.25, 0.3) is 11.8 Å². The first-order valence-electron chi connectivity index (χ1n) is 10.9. The van der Waals surface area contributed by atoms with Gasteiger partial charge in [0.2, 0.25) is 5.91 Å². The summed E-state index contributed by atoms with van der Waals surface area (Å²) in [6, 6.07) is 6.85. The van der Waals surface area contributed by atoms with Crippen molar-refractivity contribution in [1.82, 2.24) is 10.2 Å². The molecule has 0 spiro atoms. The molecule has 2 heterocycles. The molecule has 3 atom stereocenters. The first-order chi connectivity index (χ1) is 16.2. The number of carbonyl (C=O) groups excluding carboxylic acids is 3. The second-order valence-electron chi connectivity index (χ2n) is 8.37. The fraction of sp³-hybridized carbons (Fsp3) is 0.375. The average Bonchev–Trinajstić information content (AvgIpc) is 2.81. The summed E-state index contributed by atoms with van der Waals surface area (Å²) in [5.41, 5.74) is 0.343.